The van der Waals surface area contributed by atoms with Crippen molar-refractivity contribution in [2.24, 2.45) is 17.8 Å². The fraction of sp³-hybridized carbons (Fsp3) is 0.500. The summed E-state index contributed by atoms with van der Waals surface area (Å²) in [5.41, 5.74) is 3.29. The second-order valence-corrected chi connectivity index (χ2v) is 11.1. The van der Waals surface area contributed by atoms with E-state index in [1.165, 1.54) is 14.0 Å². The normalized spacial score (nSPS) is 24.3. The van der Waals surface area contributed by atoms with Gasteiger partial charge in [0, 0.05) is 37.9 Å². The molecule has 0 saturated carbocycles. The maximum absolute atomic E-state index is 12.2. The van der Waals surface area contributed by atoms with Gasteiger partial charge in [-0.1, -0.05) is 25.1 Å². The molecule has 5 atom stereocenters. The van der Waals surface area contributed by atoms with Crippen molar-refractivity contribution < 1.29 is 58.2 Å². The molecule has 0 aromatic heterocycles. The van der Waals surface area contributed by atoms with E-state index in [9.17, 15) is 34.5 Å². The molecular formula is C32H38O12. The zero-order valence-corrected chi connectivity index (χ0v) is 24.9. The summed E-state index contributed by atoms with van der Waals surface area (Å²) in [6.45, 7) is 3.74. The fourth-order valence-electron chi connectivity index (χ4n) is 6.44. The molecule has 2 aromatic carbocycles. The van der Waals surface area contributed by atoms with Crippen molar-refractivity contribution in [2.45, 2.75) is 57.8 Å². The Morgan fingerprint density at radius 2 is 1.52 bits per heavy atom. The van der Waals surface area contributed by atoms with Gasteiger partial charge in [0.25, 0.3) is 0 Å². The highest BCUT2D eigenvalue weighted by molar-refractivity contribution is 5.70. The van der Waals surface area contributed by atoms with Crippen molar-refractivity contribution >= 4 is 23.9 Å². The standard InChI is InChI=1S/C32H38O12/c1-4-20-6-7-22(13-21(20)11-19-5-8-26-27(12-19)42-10-9-41-26)32(40-3)25(16-31(38)39)23(14-29(34)35)24(15-30(36)37)28(44-32)17-43-18(2)33/h5-8,12-13,23-25,28H,4,9-11,14-17H2,1-3H3,(H,34,35)(H,36,37)(H,38,39)/t23-,24+,25+,28-,32?/m0/s1. The Bertz CT molecular complexity index is 1390. The summed E-state index contributed by atoms with van der Waals surface area (Å²) in [6.07, 6.45) is -1.56. The summed E-state index contributed by atoms with van der Waals surface area (Å²) in [5, 5.41) is 29.6. The lowest BCUT2D eigenvalue weighted by Crippen LogP contribution is -2.57. The average Bonchev–Trinajstić information content (AvgIpc) is 2.97. The van der Waals surface area contributed by atoms with E-state index in [0.29, 0.717) is 43.1 Å². The third-order valence-corrected chi connectivity index (χ3v) is 8.32. The van der Waals surface area contributed by atoms with Gasteiger partial charge in [-0.2, -0.15) is 0 Å². The van der Waals surface area contributed by atoms with Crippen LogP contribution in [-0.4, -0.2) is 72.2 Å². The Morgan fingerprint density at radius 3 is 2.14 bits per heavy atom. The fourth-order valence-corrected chi connectivity index (χ4v) is 6.44. The Kier molecular flexibility index (Phi) is 10.5. The van der Waals surface area contributed by atoms with E-state index >= 15 is 0 Å². The van der Waals surface area contributed by atoms with Crippen LogP contribution in [0.15, 0.2) is 36.4 Å². The molecular weight excluding hydrogens is 576 g/mol. The Labute approximate surface area is 254 Å². The maximum atomic E-state index is 12.2. The molecule has 2 heterocycles. The van der Waals surface area contributed by atoms with Crippen LogP contribution < -0.4 is 9.47 Å². The molecule has 0 radical (unpaired) electrons. The van der Waals surface area contributed by atoms with Crippen LogP contribution in [-0.2, 0) is 52.0 Å². The van der Waals surface area contributed by atoms with Crippen LogP contribution in [0.4, 0.5) is 0 Å². The SMILES string of the molecule is CCc1ccc(C2(OC)O[C@@H](COC(C)=O)[C@H](CC(=O)O)[C@H](CC(=O)O)[C@H]2CC(=O)O)cc1Cc1ccc2c(c1)OCCO2. The van der Waals surface area contributed by atoms with Gasteiger partial charge in [0.2, 0.25) is 0 Å². The summed E-state index contributed by atoms with van der Waals surface area (Å²) in [5.74, 6) is -7.93. The smallest absolute Gasteiger partial charge is 0.303 e. The number of hydrogen-bond donors (Lipinski definition) is 3. The molecule has 2 aliphatic heterocycles. The van der Waals surface area contributed by atoms with Crippen molar-refractivity contribution in [3.63, 3.8) is 0 Å². The van der Waals surface area contributed by atoms with E-state index in [2.05, 4.69) is 0 Å². The van der Waals surface area contributed by atoms with Gasteiger partial charge < -0.3 is 39.0 Å². The molecule has 1 fully saturated rings. The second kappa shape index (κ2) is 14.1. The Morgan fingerprint density at radius 1 is 0.864 bits per heavy atom. The molecule has 1 unspecified atom stereocenters. The molecule has 12 nitrogen and oxygen atoms in total. The summed E-state index contributed by atoms with van der Waals surface area (Å²) >= 11 is 0. The van der Waals surface area contributed by atoms with Crippen molar-refractivity contribution in [2.75, 3.05) is 26.9 Å². The number of ether oxygens (including phenoxy) is 5. The average molecular weight is 615 g/mol. The zero-order valence-electron chi connectivity index (χ0n) is 24.9. The molecule has 2 aromatic rings. The van der Waals surface area contributed by atoms with Crippen molar-refractivity contribution in [3.8, 4) is 11.5 Å². The lowest BCUT2D eigenvalue weighted by molar-refractivity contribution is -0.339. The first-order valence-corrected chi connectivity index (χ1v) is 14.5. The van der Waals surface area contributed by atoms with Gasteiger partial charge in [-0.3, -0.25) is 19.2 Å². The van der Waals surface area contributed by atoms with Gasteiger partial charge in [-0.05, 0) is 53.6 Å². The summed E-state index contributed by atoms with van der Waals surface area (Å²) in [6, 6.07) is 11.2. The molecule has 4 rings (SSSR count). The minimum absolute atomic E-state index is 0.370. The lowest BCUT2D eigenvalue weighted by Gasteiger charge is -2.52. The van der Waals surface area contributed by atoms with Gasteiger partial charge in [-0.25, -0.2) is 0 Å². The van der Waals surface area contributed by atoms with Crippen molar-refractivity contribution in [1.29, 1.82) is 0 Å². The lowest BCUT2D eigenvalue weighted by atomic mass is 9.66. The molecule has 1 saturated heterocycles. The van der Waals surface area contributed by atoms with E-state index in [0.717, 1.165) is 16.7 Å². The number of hydrogen-bond acceptors (Lipinski definition) is 9. The number of aryl methyl sites for hydroxylation is 1. The van der Waals surface area contributed by atoms with Gasteiger partial charge in [0.05, 0.1) is 18.9 Å². The summed E-state index contributed by atoms with van der Waals surface area (Å²) < 4.78 is 29.1. The molecule has 3 N–H and O–H groups in total. The molecule has 2 aliphatic rings. The van der Waals surface area contributed by atoms with Gasteiger partial charge in [0.1, 0.15) is 19.8 Å². The van der Waals surface area contributed by atoms with Crippen LogP contribution in [0.3, 0.4) is 0 Å². The first-order chi connectivity index (χ1) is 21.0. The van der Waals surface area contributed by atoms with Crippen LogP contribution in [0.25, 0.3) is 0 Å². The van der Waals surface area contributed by atoms with Crippen LogP contribution in [0, 0.1) is 17.8 Å². The number of fused-ring (bicyclic) bond motifs is 1. The number of carbonyl (C=O) groups is 4. The number of methoxy groups -OCH3 is 1. The molecule has 238 valence electrons. The first kappa shape index (κ1) is 32.7. The number of carboxylic acids is 3. The monoisotopic (exact) mass is 614 g/mol. The first-order valence-electron chi connectivity index (χ1n) is 14.5. The van der Waals surface area contributed by atoms with E-state index in [1.807, 2.05) is 37.3 Å². The Hall–Kier alpha value is -4.16. The molecule has 0 amide bonds. The van der Waals surface area contributed by atoms with E-state index < -0.39 is 72.8 Å². The molecule has 12 heteroatoms. The number of esters is 1. The van der Waals surface area contributed by atoms with Crippen LogP contribution in [0.5, 0.6) is 11.5 Å². The van der Waals surface area contributed by atoms with Crippen molar-refractivity contribution in [1.82, 2.24) is 0 Å². The maximum Gasteiger partial charge on any atom is 0.303 e. The highest BCUT2D eigenvalue weighted by Gasteiger charge is 2.57. The number of rotatable bonds is 13. The van der Waals surface area contributed by atoms with Crippen LogP contribution in [0.1, 0.15) is 55.4 Å². The Balaban J connectivity index is 1.84. The number of carboxylic acid groups (broad SMARTS) is 3. The molecule has 44 heavy (non-hydrogen) atoms. The zero-order chi connectivity index (χ0) is 32.0. The molecule has 0 bridgehead atoms. The van der Waals surface area contributed by atoms with Crippen LogP contribution in [0.2, 0.25) is 0 Å². The molecule has 0 aliphatic carbocycles. The summed E-state index contributed by atoms with van der Waals surface area (Å²) in [4.78, 5) is 48.0. The minimum atomic E-state index is -1.80. The topological polar surface area (TPSA) is 175 Å². The third-order valence-electron chi connectivity index (χ3n) is 8.32. The van der Waals surface area contributed by atoms with Crippen molar-refractivity contribution in [3.05, 3.63) is 58.7 Å². The predicted octanol–water partition coefficient (Wildman–Crippen LogP) is 3.64. The third kappa shape index (κ3) is 7.31. The highest BCUT2D eigenvalue weighted by Crippen LogP contribution is 2.52. The van der Waals surface area contributed by atoms with E-state index in [4.69, 9.17) is 23.7 Å². The number of benzene rings is 2. The molecule has 0 spiro atoms. The second-order valence-electron chi connectivity index (χ2n) is 11.1. The highest BCUT2D eigenvalue weighted by atomic mass is 16.7. The number of carbonyl (C=O) groups excluding carboxylic acids is 1. The largest absolute Gasteiger partial charge is 0.486 e. The minimum Gasteiger partial charge on any atom is -0.486 e. The van der Waals surface area contributed by atoms with E-state index in [1.54, 1.807) is 6.07 Å². The summed E-state index contributed by atoms with van der Waals surface area (Å²) in [7, 11) is 1.33. The van der Waals surface area contributed by atoms with Gasteiger partial charge in [0.15, 0.2) is 17.3 Å². The quantitative estimate of drug-likeness (QED) is 0.280. The van der Waals surface area contributed by atoms with Gasteiger partial charge in [-0.15, -0.1) is 0 Å². The van der Waals surface area contributed by atoms with Crippen LogP contribution >= 0.6 is 0 Å². The predicted molar refractivity (Wildman–Crippen MR) is 153 cm³/mol. The van der Waals surface area contributed by atoms with Gasteiger partial charge >= 0.3 is 23.9 Å². The number of aliphatic carboxylic acids is 3. The van der Waals surface area contributed by atoms with E-state index in [-0.39, 0.29) is 6.61 Å².